The van der Waals surface area contributed by atoms with E-state index in [2.05, 4.69) is 10.3 Å². The van der Waals surface area contributed by atoms with Crippen LogP contribution in [0.1, 0.15) is 41.4 Å². The SMILES string of the molecule is CCNC1CCCc2nc(COCC(F)(F)C(F)F)sc21. The van der Waals surface area contributed by atoms with Crippen LogP contribution in [-0.4, -0.2) is 30.5 Å². The highest BCUT2D eigenvalue weighted by atomic mass is 32.1. The van der Waals surface area contributed by atoms with Crippen molar-refractivity contribution in [3.05, 3.63) is 15.6 Å². The van der Waals surface area contributed by atoms with Gasteiger partial charge in [-0.2, -0.15) is 8.78 Å². The lowest BCUT2D eigenvalue weighted by molar-refractivity contribution is -0.168. The highest BCUT2D eigenvalue weighted by molar-refractivity contribution is 7.11. The van der Waals surface area contributed by atoms with Crippen LogP contribution in [0.2, 0.25) is 0 Å². The number of nitrogens with one attached hydrogen (secondary N) is 1. The molecule has 1 aromatic rings. The van der Waals surface area contributed by atoms with Crippen LogP contribution in [0.4, 0.5) is 17.6 Å². The Kier molecular flexibility index (Phi) is 5.56. The predicted molar refractivity (Wildman–Crippen MR) is 72.1 cm³/mol. The minimum absolute atomic E-state index is 0.154. The van der Waals surface area contributed by atoms with Gasteiger partial charge in [-0.3, -0.25) is 0 Å². The van der Waals surface area contributed by atoms with Crippen molar-refractivity contribution in [3.8, 4) is 0 Å². The number of ether oxygens (including phenoxy) is 1. The van der Waals surface area contributed by atoms with Crippen LogP contribution in [0.25, 0.3) is 0 Å². The molecular weight excluding hydrogens is 308 g/mol. The third-order valence-corrected chi connectivity index (χ3v) is 4.47. The Morgan fingerprint density at radius 1 is 1.48 bits per heavy atom. The van der Waals surface area contributed by atoms with Gasteiger partial charge in [-0.15, -0.1) is 11.3 Å². The smallest absolute Gasteiger partial charge is 0.330 e. The van der Waals surface area contributed by atoms with Crippen LogP contribution < -0.4 is 5.32 Å². The lowest BCUT2D eigenvalue weighted by Crippen LogP contribution is -2.32. The number of nitrogens with zero attached hydrogens (tertiary/aromatic N) is 1. The Hall–Kier alpha value is -0.730. The number of hydrogen-bond acceptors (Lipinski definition) is 4. The van der Waals surface area contributed by atoms with Gasteiger partial charge in [0.25, 0.3) is 0 Å². The summed E-state index contributed by atoms with van der Waals surface area (Å²) in [6, 6.07) is 0.243. The van der Waals surface area contributed by atoms with Gasteiger partial charge in [-0.1, -0.05) is 6.92 Å². The van der Waals surface area contributed by atoms with E-state index in [0.717, 1.165) is 36.4 Å². The van der Waals surface area contributed by atoms with Crippen molar-refractivity contribution in [2.24, 2.45) is 0 Å². The fourth-order valence-corrected chi connectivity index (χ4v) is 3.47. The zero-order valence-corrected chi connectivity index (χ0v) is 12.5. The number of rotatable bonds is 7. The van der Waals surface area contributed by atoms with Crippen LogP contribution in [0.5, 0.6) is 0 Å². The van der Waals surface area contributed by atoms with Crippen LogP contribution in [0.15, 0.2) is 0 Å². The van der Waals surface area contributed by atoms with Crippen LogP contribution in [0, 0.1) is 0 Å². The lowest BCUT2D eigenvalue weighted by atomic mass is 9.98. The van der Waals surface area contributed by atoms with Crippen LogP contribution in [-0.2, 0) is 17.8 Å². The summed E-state index contributed by atoms with van der Waals surface area (Å²) in [5.74, 6) is -4.11. The molecule has 0 amide bonds. The number of aryl methyl sites for hydroxylation is 1. The van der Waals surface area contributed by atoms with Crippen molar-refractivity contribution < 1.29 is 22.3 Å². The summed E-state index contributed by atoms with van der Waals surface area (Å²) in [6.07, 6.45) is -0.800. The second-order valence-electron chi connectivity index (χ2n) is 4.98. The Morgan fingerprint density at radius 2 is 2.24 bits per heavy atom. The fourth-order valence-electron chi connectivity index (χ4n) is 2.31. The van der Waals surface area contributed by atoms with Crippen molar-refractivity contribution in [2.75, 3.05) is 13.2 Å². The average Bonchev–Trinajstić information content (AvgIpc) is 2.82. The van der Waals surface area contributed by atoms with Crippen molar-refractivity contribution in [2.45, 2.75) is 51.2 Å². The zero-order chi connectivity index (χ0) is 15.5. The maximum Gasteiger partial charge on any atom is 0.330 e. The van der Waals surface area contributed by atoms with E-state index in [1.165, 1.54) is 11.3 Å². The van der Waals surface area contributed by atoms with E-state index in [9.17, 15) is 17.6 Å². The number of hydrogen-bond donors (Lipinski definition) is 1. The van der Waals surface area contributed by atoms with E-state index in [4.69, 9.17) is 4.74 Å². The quantitative estimate of drug-likeness (QED) is 0.778. The van der Waals surface area contributed by atoms with E-state index in [-0.39, 0.29) is 12.6 Å². The van der Waals surface area contributed by atoms with E-state index in [1.807, 2.05) is 6.92 Å². The predicted octanol–water partition coefficient (Wildman–Crippen LogP) is 3.55. The highest BCUT2D eigenvalue weighted by Gasteiger charge is 2.41. The van der Waals surface area contributed by atoms with E-state index < -0.39 is 19.0 Å². The third kappa shape index (κ3) is 4.14. The van der Waals surface area contributed by atoms with Crippen LogP contribution in [0.3, 0.4) is 0 Å². The Labute approximate surface area is 124 Å². The van der Waals surface area contributed by atoms with Crippen molar-refractivity contribution in [3.63, 3.8) is 0 Å². The first-order chi connectivity index (χ1) is 9.94. The zero-order valence-electron chi connectivity index (χ0n) is 11.7. The molecule has 120 valence electrons. The Morgan fingerprint density at radius 3 is 2.90 bits per heavy atom. The maximum atomic E-state index is 12.7. The molecule has 1 atom stereocenters. The number of aromatic nitrogens is 1. The van der Waals surface area contributed by atoms with Gasteiger partial charge in [0, 0.05) is 10.9 Å². The molecule has 8 heteroatoms. The van der Waals surface area contributed by atoms with Gasteiger partial charge in [0.1, 0.15) is 11.6 Å². The van der Waals surface area contributed by atoms with Gasteiger partial charge in [-0.25, -0.2) is 13.8 Å². The second kappa shape index (κ2) is 7.02. The van der Waals surface area contributed by atoms with Gasteiger partial charge in [0.15, 0.2) is 0 Å². The van der Waals surface area contributed by atoms with E-state index >= 15 is 0 Å². The Bertz CT molecular complexity index is 467. The van der Waals surface area contributed by atoms with Gasteiger partial charge in [0.05, 0.1) is 12.3 Å². The summed E-state index contributed by atoms with van der Waals surface area (Å²) >= 11 is 1.41. The minimum atomic E-state index is -4.11. The normalized spacial score (nSPS) is 19.0. The van der Waals surface area contributed by atoms with Crippen molar-refractivity contribution in [1.29, 1.82) is 0 Å². The standard InChI is InChI=1S/C13H18F4N2OS/c1-2-18-8-4-3-5-9-11(8)21-10(19-9)6-20-7-13(16,17)12(14)15/h8,12,18H,2-7H2,1H3. The first-order valence-electron chi connectivity index (χ1n) is 6.89. The first-order valence-corrected chi connectivity index (χ1v) is 7.71. The average molecular weight is 326 g/mol. The third-order valence-electron chi connectivity index (χ3n) is 3.28. The molecule has 3 nitrogen and oxygen atoms in total. The molecule has 2 rings (SSSR count). The molecule has 0 radical (unpaired) electrons. The molecule has 0 saturated carbocycles. The molecule has 0 saturated heterocycles. The van der Waals surface area contributed by atoms with Crippen molar-refractivity contribution in [1.82, 2.24) is 10.3 Å². The number of alkyl halides is 4. The summed E-state index contributed by atoms with van der Waals surface area (Å²) in [6.45, 7) is 1.42. The number of halogens is 4. The van der Waals surface area contributed by atoms with Gasteiger partial charge in [0.2, 0.25) is 0 Å². The largest absolute Gasteiger partial charge is 0.368 e. The van der Waals surface area contributed by atoms with E-state index in [0.29, 0.717) is 5.01 Å². The first kappa shape index (κ1) is 16.6. The fraction of sp³-hybridized carbons (Fsp3) is 0.769. The Balaban J connectivity index is 1.94. The van der Waals surface area contributed by atoms with Crippen LogP contribution >= 0.6 is 11.3 Å². The van der Waals surface area contributed by atoms with Gasteiger partial charge >= 0.3 is 12.3 Å². The molecule has 0 aromatic carbocycles. The molecule has 1 heterocycles. The van der Waals surface area contributed by atoms with Gasteiger partial charge in [-0.05, 0) is 25.8 Å². The minimum Gasteiger partial charge on any atom is -0.368 e. The molecular formula is C13H18F4N2OS. The highest BCUT2D eigenvalue weighted by Crippen LogP contribution is 2.34. The maximum absolute atomic E-state index is 12.7. The molecule has 1 aliphatic carbocycles. The lowest BCUT2D eigenvalue weighted by Gasteiger charge is -2.21. The topological polar surface area (TPSA) is 34.2 Å². The molecule has 0 spiro atoms. The van der Waals surface area contributed by atoms with Crippen molar-refractivity contribution >= 4 is 11.3 Å². The second-order valence-corrected chi connectivity index (χ2v) is 6.09. The molecule has 21 heavy (non-hydrogen) atoms. The monoisotopic (exact) mass is 326 g/mol. The number of thiazole rings is 1. The summed E-state index contributed by atoms with van der Waals surface area (Å²) in [7, 11) is 0. The van der Waals surface area contributed by atoms with E-state index in [1.54, 1.807) is 0 Å². The summed E-state index contributed by atoms with van der Waals surface area (Å²) in [4.78, 5) is 5.48. The summed E-state index contributed by atoms with van der Waals surface area (Å²) in [5, 5.41) is 3.92. The molecule has 0 aliphatic heterocycles. The summed E-state index contributed by atoms with van der Waals surface area (Å²) < 4.78 is 54.2. The molecule has 1 unspecified atom stereocenters. The van der Waals surface area contributed by atoms with Gasteiger partial charge < -0.3 is 10.1 Å². The molecule has 1 aliphatic rings. The molecule has 0 fully saturated rings. The molecule has 1 aromatic heterocycles. The molecule has 0 bridgehead atoms. The summed E-state index contributed by atoms with van der Waals surface area (Å²) in [5.41, 5.74) is 0.969. The number of fused-ring (bicyclic) bond motifs is 1. The molecule has 1 N–H and O–H groups in total.